The number of hydrogen-bond acceptors (Lipinski definition) is 3. The summed E-state index contributed by atoms with van der Waals surface area (Å²) in [5.41, 5.74) is 7.09. The molecule has 0 saturated carbocycles. The smallest absolute Gasteiger partial charge is 0.165 e. The average molecular weight is 245 g/mol. The molecule has 2 rings (SSSR count). The first-order valence-corrected chi connectivity index (χ1v) is 5.47. The first-order valence-electron chi connectivity index (χ1n) is 5.47. The zero-order valence-corrected chi connectivity index (χ0v) is 9.83. The van der Waals surface area contributed by atoms with Crippen LogP contribution in [0.3, 0.4) is 0 Å². The Kier molecular flexibility index (Phi) is 3.20. The molecule has 1 aromatic heterocycles. The molecule has 0 radical (unpaired) electrons. The van der Waals surface area contributed by atoms with Crippen molar-refractivity contribution in [3.05, 3.63) is 35.8 Å². The molecular formula is C13H12FN3O. The maximum absolute atomic E-state index is 13.7. The number of nitrogens with two attached hydrogens (primary N) is 1. The summed E-state index contributed by atoms with van der Waals surface area (Å²) in [6, 6.07) is 6.55. The lowest BCUT2D eigenvalue weighted by Gasteiger charge is -2.06. The molecule has 0 saturated heterocycles. The van der Waals surface area contributed by atoms with Gasteiger partial charge in [-0.15, -0.1) is 0 Å². The lowest BCUT2D eigenvalue weighted by atomic mass is 10.0. The van der Waals surface area contributed by atoms with E-state index in [9.17, 15) is 4.39 Å². The van der Waals surface area contributed by atoms with E-state index in [4.69, 9.17) is 15.7 Å². The predicted molar refractivity (Wildman–Crippen MR) is 66.5 cm³/mol. The first-order chi connectivity index (χ1) is 8.67. The SMILES string of the molecule is CCOc1ccc(-c2c[nH]c(N)c2C#N)cc1F. The number of benzene rings is 1. The van der Waals surface area contributed by atoms with Crippen molar-refractivity contribution in [2.24, 2.45) is 0 Å². The molecule has 0 atom stereocenters. The third kappa shape index (κ3) is 2.00. The number of hydrogen-bond donors (Lipinski definition) is 2. The second kappa shape index (κ2) is 4.80. The molecule has 18 heavy (non-hydrogen) atoms. The minimum absolute atomic E-state index is 0.197. The molecule has 3 N–H and O–H groups in total. The Morgan fingerprint density at radius 1 is 1.50 bits per heavy atom. The van der Waals surface area contributed by atoms with Crippen LogP contribution in [0.15, 0.2) is 24.4 Å². The van der Waals surface area contributed by atoms with Gasteiger partial charge in [0.1, 0.15) is 17.5 Å². The third-order valence-corrected chi connectivity index (χ3v) is 2.57. The highest BCUT2D eigenvalue weighted by molar-refractivity contribution is 5.76. The van der Waals surface area contributed by atoms with E-state index < -0.39 is 5.82 Å². The van der Waals surface area contributed by atoms with Crippen LogP contribution in [0, 0.1) is 17.1 Å². The van der Waals surface area contributed by atoms with Crippen LogP contribution in [0.2, 0.25) is 0 Å². The van der Waals surface area contributed by atoms with E-state index in [2.05, 4.69) is 4.98 Å². The zero-order valence-electron chi connectivity index (χ0n) is 9.83. The third-order valence-electron chi connectivity index (χ3n) is 2.57. The van der Waals surface area contributed by atoms with Gasteiger partial charge in [-0.3, -0.25) is 0 Å². The Morgan fingerprint density at radius 3 is 2.89 bits per heavy atom. The summed E-state index contributed by atoms with van der Waals surface area (Å²) in [5.74, 6) is 0.0167. The van der Waals surface area contributed by atoms with Gasteiger partial charge in [-0.1, -0.05) is 6.07 Å². The Hall–Kier alpha value is -2.48. The van der Waals surface area contributed by atoms with Gasteiger partial charge in [0.15, 0.2) is 11.6 Å². The highest BCUT2D eigenvalue weighted by atomic mass is 19.1. The number of ether oxygens (including phenoxy) is 1. The van der Waals surface area contributed by atoms with Crippen LogP contribution < -0.4 is 10.5 Å². The Balaban J connectivity index is 2.46. The van der Waals surface area contributed by atoms with Crippen LogP contribution in [0.25, 0.3) is 11.1 Å². The van der Waals surface area contributed by atoms with Gasteiger partial charge in [-0.2, -0.15) is 5.26 Å². The van der Waals surface area contributed by atoms with E-state index in [0.29, 0.717) is 23.3 Å². The van der Waals surface area contributed by atoms with E-state index in [-0.39, 0.29) is 11.6 Å². The van der Waals surface area contributed by atoms with Gasteiger partial charge in [0, 0.05) is 11.8 Å². The standard InChI is InChI=1S/C13H12FN3O/c1-2-18-12-4-3-8(5-11(12)14)10-7-17-13(16)9(10)6-15/h3-5,7,17H,2,16H2,1H3. The summed E-state index contributed by atoms with van der Waals surface area (Å²) in [4.78, 5) is 2.75. The Bertz CT molecular complexity index is 613. The normalized spacial score (nSPS) is 10.1. The molecule has 0 aliphatic rings. The summed E-state index contributed by atoms with van der Waals surface area (Å²) in [6.45, 7) is 2.19. The lowest BCUT2D eigenvalue weighted by molar-refractivity contribution is 0.321. The highest BCUT2D eigenvalue weighted by Crippen LogP contribution is 2.30. The van der Waals surface area contributed by atoms with Crippen LogP contribution in [0.4, 0.5) is 10.2 Å². The number of nitriles is 1. The van der Waals surface area contributed by atoms with Gasteiger partial charge in [-0.25, -0.2) is 4.39 Å². The van der Waals surface area contributed by atoms with Crippen molar-refractivity contribution in [3.8, 4) is 22.9 Å². The second-order valence-electron chi connectivity index (χ2n) is 3.68. The first kappa shape index (κ1) is 12.0. The summed E-state index contributed by atoms with van der Waals surface area (Å²) in [7, 11) is 0. The predicted octanol–water partition coefficient (Wildman–Crippen LogP) is 2.67. The second-order valence-corrected chi connectivity index (χ2v) is 3.68. The fourth-order valence-electron chi connectivity index (χ4n) is 1.73. The van der Waals surface area contributed by atoms with Gasteiger partial charge in [0.05, 0.1) is 6.61 Å². The van der Waals surface area contributed by atoms with E-state index in [1.807, 2.05) is 6.07 Å². The maximum Gasteiger partial charge on any atom is 0.165 e. The summed E-state index contributed by atoms with van der Waals surface area (Å²) >= 11 is 0. The molecule has 2 aromatic rings. The van der Waals surface area contributed by atoms with Crippen LogP contribution in [-0.2, 0) is 0 Å². The molecule has 1 aromatic carbocycles. The van der Waals surface area contributed by atoms with Crippen molar-refractivity contribution in [1.29, 1.82) is 5.26 Å². The molecule has 0 spiro atoms. The highest BCUT2D eigenvalue weighted by Gasteiger charge is 2.12. The van der Waals surface area contributed by atoms with E-state index in [1.165, 1.54) is 6.07 Å². The molecular weight excluding hydrogens is 233 g/mol. The molecule has 5 heteroatoms. The van der Waals surface area contributed by atoms with Crippen molar-refractivity contribution in [2.45, 2.75) is 6.92 Å². The fourth-order valence-corrected chi connectivity index (χ4v) is 1.73. The van der Waals surface area contributed by atoms with Crippen molar-refractivity contribution in [3.63, 3.8) is 0 Å². The van der Waals surface area contributed by atoms with Crippen LogP contribution in [0.1, 0.15) is 12.5 Å². The Morgan fingerprint density at radius 2 is 2.28 bits per heavy atom. The number of rotatable bonds is 3. The molecule has 0 fully saturated rings. The summed E-state index contributed by atoms with van der Waals surface area (Å²) < 4.78 is 18.8. The molecule has 4 nitrogen and oxygen atoms in total. The topological polar surface area (TPSA) is 74.8 Å². The molecule has 0 aliphatic heterocycles. The number of H-pyrrole nitrogens is 1. The Labute approximate surface area is 104 Å². The quantitative estimate of drug-likeness (QED) is 0.872. The number of nitrogens with one attached hydrogen (secondary N) is 1. The van der Waals surface area contributed by atoms with Gasteiger partial charge in [0.2, 0.25) is 0 Å². The maximum atomic E-state index is 13.7. The van der Waals surface area contributed by atoms with Gasteiger partial charge >= 0.3 is 0 Å². The molecule has 1 heterocycles. The summed E-state index contributed by atoms with van der Waals surface area (Å²) in [6.07, 6.45) is 1.59. The number of anilines is 1. The van der Waals surface area contributed by atoms with Crippen LogP contribution in [0.5, 0.6) is 5.75 Å². The van der Waals surface area contributed by atoms with E-state index in [0.717, 1.165) is 0 Å². The van der Waals surface area contributed by atoms with Crippen LogP contribution >= 0.6 is 0 Å². The van der Waals surface area contributed by atoms with Gasteiger partial charge in [0.25, 0.3) is 0 Å². The average Bonchev–Trinajstić information content (AvgIpc) is 2.73. The molecule has 0 amide bonds. The number of halogens is 1. The number of aromatic amines is 1. The molecule has 0 unspecified atom stereocenters. The molecule has 0 bridgehead atoms. The van der Waals surface area contributed by atoms with Gasteiger partial charge in [-0.05, 0) is 24.6 Å². The number of nitrogen functional groups attached to an aromatic ring is 1. The van der Waals surface area contributed by atoms with Crippen LogP contribution in [-0.4, -0.2) is 11.6 Å². The number of aromatic nitrogens is 1. The van der Waals surface area contributed by atoms with Crippen molar-refractivity contribution in [1.82, 2.24) is 4.98 Å². The van der Waals surface area contributed by atoms with Crippen molar-refractivity contribution in [2.75, 3.05) is 12.3 Å². The van der Waals surface area contributed by atoms with E-state index in [1.54, 1.807) is 25.3 Å². The lowest BCUT2D eigenvalue weighted by Crippen LogP contribution is -1.94. The zero-order chi connectivity index (χ0) is 13.1. The van der Waals surface area contributed by atoms with Crippen molar-refractivity contribution < 1.29 is 9.13 Å². The van der Waals surface area contributed by atoms with E-state index >= 15 is 0 Å². The van der Waals surface area contributed by atoms with Gasteiger partial charge < -0.3 is 15.5 Å². The minimum atomic E-state index is -0.460. The molecule has 92 valence electrons. The molecule has 0 aliphatic carbocycles. The largest absolute Gasteiger partial charge is 0.491 e. The minimum Gasteiger partial charge on any atom is -0.491 e. The van der Waals surface area contributed by atoms with Crippen molar-refractivity contribution >= 4 is 5.82 Å². The number of nitrogens with zero attached hydrogens (tertiary/aromatic N) is 1. The summed E-state index contributed by atoms with van der Waals surface area (Å²) in [5, 5.41) is 8.99. The monoisotopic (exact) mass is 245 g/mol. The fraction of sp³-hybridized carbons (Fsp3) is 0.154.